The Morgan fingerprint density at radius 3 is 2.61 bits per heavy atom. The van der Waals surface area contributed by atoms with Crippen molar-refractivity contribution < 1.29 is 13.2 Å². The molecule has 0 aliphatic heterocycles. The number of rotatable bonds is 2. The molecule has 0 spiro atoms. The third kappa shape index (κ3) is 3.25. The molecule has 1 aromatic heterocycles. The summed E-state index contributed by atoms with van der Waals surface area (Å²) in [6.45, 7) is 0. The first-order chi connectivity index (χ1) is 11.0. The molecule has 114 valence electrons. The highest BCUT2D eigenvalue weighted by Crippen LogP contribution is 2.31. The minimum atomic E-state index is -4.41. The summed E-state index contributed by atoms with van der Waals surface area (Å²) in [7, 11) is 0. The summed E-state index contributed by atoms with van der Waals surface area (Å²) in [5, 5.41) is 9.81. The summed E-state index contributed by atoms with van der Waals surface area (Å²) in [6, 6.07) is 14.3. The SMILES string of the molecule is N#C/C(=C/c1cccc(C(F)(F)F)c1)c1nc2ccccc2s1. The van der Waals surface area contributed by atoms with E-state index in [-0.39, 0.29) is 5.57 Å². The fourth-order valence-corrected chi connectivity index (χ4v) is 3.03. The van der Waals surface area contributed by atoms with Crippen LogP contribution in [-0.4, -0.2) is 4.98 Å². The lowest BCUT2D eigenvalue weighted by molar-refractivity contribution is -0.137. The van der Waals surface area contributed by atoms with Gasteiger partial charge in [-0.15, -0.1) is 11.3 Å². The Hall–Kier alpha value is -2.65. The van der Waals surface area contributed by atoms with Gasteiger partial charge in [-0.2, -0.15) is 18.4 Å². The van der Waals surface area contributed by atoms with Crippen LogP contribution >= 0.6 is 11.3 Å². The molecule has 0 unspecified atom stereocenters. The number of aromatic nitrogens is 1. The number of hydrogen-bond donors (Lipinski definition) is 0. The van der Waals surface area contributed by atoms with Gasteiger partial charge in [-0.3, -0.25) is 0 Å². The highest BCUT2D eigenvalue weighted by Gasteiger charge is 2.30. The molecular formula is C17H9F3N2S. The molecule has 0 radical (unpaired) electrons. The third-order valence-electron chi connectivity index (χ3n) is 3.17. The lowest BCUT2D eigenvalue weighted by Gasteiger charge is -2.06. The molecule has 0 fully saturated rings. The number of fused-ring (bicyclic) bond motifs is 1. The quantitative estimate of drug-likeness (QED) is 0.592. The zero-order valence-electron chi connectivity index (χ0n) is 11.6. The zero-order chi connectivity index (χ0) is 16.4. The van der Waals surface area contributed by atoms with E-state index in [2.05, 4.69) is 4.98 Å². The molecule has 3 aromatic rings. The van der Waals surface area contributed by atoms with Gasteiger partial charge in [0.05, 0.1) is 21.4 Å². The Balaban J connectivity index is 2.04. The van der Waals surface area contributed by atoms with Crippen LogP contribution in [0.4, 0.5) is 13.2 Å². The van der Waals surface area contributed by atoms with Crippen molar-refractivity contribution in [1.29, 1.82) is 5.26 Å². The van der Waals surface area contributed by atoms with Crippen molar-refractivity contribution in [1.82, 2.24) is 4.98 Å². The first-order valence-electron chi connectivity index (χ1n) is 6.62. The maximum Gasteiger partial charge on any atom is 0.416 e. The van der Waals surface area contributed by atoms with E-state index in [0.29, 0.717) is 10.6 Å². The van der Waals surface area contributed by atoms with E-state index in [0.717, 1.165) is 22.3 Å². The Bertz CT molecular complexity index is 900. The largest absolute Gasteiger partial charge is 0.416 e. The van der Waals surface area contributed by atoms with E-state index >= 15 is 0 Å². The van der Waals surface area contributed by atoms with Crippen LogP contribution in [0.1, 0.15) is 16.1 Å². The predicted molar refractivity (Wildman–Crippen MR) is 84.5 cm³/mol. The maximum absolute atomic E-state index is 12.8. The Labute approximate surface area is 134 Å². The molecule has 6 heteroatoms. The molecule has 0 saturated carbocycles. The second-order valence-corrected chi connectivity index (χ2v) is 5.81. The van der Waals surface area contributed by atoms with Gasteiger partial charge in [0, 0.05) is 0 Å². The van der Waals surface area contributed by atoms with E-state index in [1.54, 1.807) is 0 Å². The third-order valence-corrected chi connectivity index (χ3v) is 4.24. The molecule has 0 amide bonds. The van der Waals surface area contributed by atoms with Crippen LogP contribution in [-0.2, 0) is 6.18 Å². The summed E-state index contributed by atoms with van der Waals surface area (Å²) in [6.07, 6.45) is -2.99. The number of nitriles is 1. The van der Waals surface area contributed by atoms with Crippen molar-refractivity contribution in [3.05, 3.63) is 64.7 Å². The molecule has 0 N–H and O–H groups in total. The maximum atomic E-state index is 12.8. The molecule has 0 bridgehead atoms. The zero-order valence-corrected chi connectivity index (χ0v) is 12.4. The average Bonchev–Trinajstić information content (AvgIpc) is 2.96. The van der Waals surface area contributed by atoms with Gasteiger partial charge in [-0.1, -0.05) is 24.3 Å². The molecule has 0 aliphatic rings. The Morgan fingerprint density at radius 2 is 1.91 bits per heavy atom. The van der Waals surface area contributed by atoms with Crippen molar-refractivity contribution in [3.8, 4) is 6.07 Å². The number of allylic oxidation sites excluding steroid dienone is 1. The number of thiazole rings is 1. The minimum absolute atomic E-state index is 0.241. The first-order valence-corrected chi connectivity index (χ1v) is 7.44. The van der Waals surface area contributed by atoms with Gasteiger partial charge in [0.15, 0.2) is 0 Å². The molecule has 0 aliphatic carbocycles. The highest BCUT2D eigenvalue weighted by atomic mass is 32.1. The summed E-state index contributed by atoms with van der Waals surface area (Å²) in [5.41, 5.74) is 0.576. The van der Waals surface area contributed by atoms with Crippen LogP contribution in [0.2, 0.25) is 0 Å². The van der Waals surface area contributed by atoms with Crippen molar-refractivity contribution in [2.24, 2.45) is 0 Å². The minimum Gasteiger partial charge on any atom is -0.235 e. The van der Waals surface area contributed by atoms with Gasteiger partial charge >= 0.3 is 6.18 Å². The van der Waals surface area contributed by atoms with E-state index in [4.69, 9.17) is 0 Å². The molecule has 0 atom stereocenters. The standard InChI is InChI=1S/C17H9F3N2S/c18-17(19,20)13-5-3-4-11(9-13)8-12(10-21)16-22-14-6-1-2-7-15(14)23-16/h1-9H/b12-8-. The molecule has 23 heavy (non-hydrogen) atoms. The first kappa shape index (κ1) is 15.3. The smallest absolute Gasteiger partial charge is 0.235 e. The number of nitrogens with zero attached hydrogens (tertiary/aromatic N) is 2. The molecule has 0 saturated heterocycles. The van der Waals surface area contributed by atoms with Crippen LogP contribution in [0.15, 0.2) is 48.5 Å². The van der Waals surface area contributed by atoms with Crippen molar-refractivity contribution >= 4 is 33.2 Å². The average molecular weight is 330 g/mol. The van der Waals surface area contributed by atoms with Crippen LogP contribution in [0.5, 0.6) is 0 Å². The summed E-state index contributed by atoms with van der Waals surface area (Å²) >= 11 is 1.33. The van der Waals surface area contributed by atoms with Gasteiger partial charge in [0.2, 0.25) is 0 Å². The lowest BCUT2D eigenvalue weighted by atomic mass is 10.1. The van der Waals surface area contributed by atoms with Gasteiger partial charge in [0.25, 0.3) is 0 Å². The Morgan fingerprint density at radius 1 is 1.13 bits per heavy atom. The number of alkyl halides is 3. The molecular weight excluding hydrogens is 321 g/mol. The van der Waals surface area contributed by atoms with Crippen molar-refractivity contribution in [3.63, 3.8) is 0 Å². The van der Waals surface area contributed by atoms with Gasteiger partial charge in [0.1, 0.15) is 11.1 Å². The second kappa shape index (κ2) is 5.86. The summed E-state index contributed by atoms with van der Waals surface area (Å²) < 4.78 is 39.2. The molecule has 2 aromatic carbocycles. The number of halogens is 3. The number of benzene rings is 2. The Kier molecular flexibility index (Phi) is 3.89. The second-order valence-electron chi connectivity index (χ2n) is 4.78. The van der Waals surface area contributed by atoms with E-state index in [1.165, 1.54) is 29.5 Å². The summed E-state index contributed by atoms with van der Waals surface area (Å²) in [4.78, 5) is 4.36. The highest BCUT2D eigenvalue weighted by molar-refractivity contribution is 7.19. The van der Waals surface area contributed by atoms with Crippen LogP contribution < -0.4 is 0 Å². The molecule has 2 nitrogen and oxygen atoms in total. The molecule has 1 heterocycles. The van der Waals surface area contributed by atoms with E-state index < -0.39 is 11.7 Å². The predicted octanol–water partition coefficient (Wildman–Crippen LogP) is 5.38. The number of para-hydroxylation sites is 1. The van der Waals surface area contributed by atoms with Gasteiger partial charge in [-0.25, -0.2) is 4.98 Å². The lowest BCUT2D eigenvalue weighted by Crippen LogP contribution is -2.04. The number of hydrogen-bond acceptors (Lipinski definition) is 3. The van der Waals surface area contributed by atoms with Crippen LogP contribution in [0.3, 0.4) is 0 Å². The normalized spacial score (nSPS) is 12.3. The van der Waals surface area contributed by atoms with Crippen molar-refractivity contribution in [2.45, 2.75) is 6.18 Å². The van der Waals surface area contributed by atoms with Crippen LogP contribution in [0, 0.1) is 11.3 Å². The van der Waals surface area contributed by atoms with Gasteiger partial charge in [-0.05, 0) is 35.9 Å². The van der Waals surface area contributed by atoms with Crippen LogP contribution in [0.25, 0.3) is 21.9 Å². The van der Waals surface area contributed by atoms with E-state index in [9.17, 15) is 18.4 Å². The van der Waals surface area contributed by atoms with Crippen molar-refractivity contribution in [2.75, 3.05) is 0 Å². The summed E-state index contributed by atoms with van der Waals surface area (Å²) in [5.74, 6) is 0. The monoisotopic (exact) mass is 330 g/mol. The fraction of sp³-hybridized carbons (Fsp3) is 0.0588. The fourth-order valence-electron chi connectivity index (χ4n) is 2.10. The van der Waals surface area contributed by atoms with Gasteiger partial charge < -0.3 is 0 Å². The van der Waals surface area contributed by atoms with E-state index in [1.807, 2.05) is 30.3 Å². The molecule has 3 rings (SSSR count). The topological polar surface area (TPSA) is 36.7 Å².